The molecule has 0 saturated carbocycles. The van der Waals surface area contributed by atoms with Crippen molar-refractivity contribution in [3.63, 3.8) is 0 Å². The van der Waals surface area contributed by atoms with Crippen LogP contribution in [0.3, 0.4) is 0 Å². The number of nitrogens with one attached hydrogen (secondary N) is 1. The Labute approximate surface area is 170 Å². The Morgan fingerprint density at radius 3 is 2.66 bits per heavy atom. The molecule has 5 rings (SSSR count). The molecule has 0 amide bonds. The molecule has 2 aromatic heterocycles. The second kappa shape index (κ2) is 6.89. The summed E-state index contributed by atoms with van der Waals surface area (Å²) in [5, 5.41) is 0.173. The van der Waals surface area contributed by atoms with Crippen LogP contribution in [0.2, 0.25) is 0 Å². The van der Waals surface area contributed by atoms with E-state index in [0.29, 0.717) is 12.5 Å². The molecule has 2 aromatic carbocycles. The third-order valence-corrected chi connectivity index (χ3v) is 5.56. The summed E-state index contributed by atoms with van der Waals surface area (Å²) < 4.78 is 15.7. The molecule has 0 bridgehead atoms. The quantitative estimate of drug-likeness (QED) is 0.517. The van der Waals surface area contributed by atoms with E-state index in [0.717, 1.165) is 13.0 Å². The number of hydrogen-bond donors (Lipinski definition) is 1. The highest BCUT2D eigenvalue weighted by Crippen LogP contribution is 2.22. The van der Waals surface area contributed by atoms with Crippen LogP contribution in [0.5, 0.6) is 0 Å². The maximum atomic E-state index is 14.2. The third kappa shape index (κ3) is 3.01. The van der Waals surface area contributed by atoms with Gasteiger partial charge in [-0.1, -0.05) is 48.6 Å². The van der Waals surface area contributed by atoms with Crippen molar-refractivity contribution in [3.05, 3.63) is 86.8 Å². The number of aromatic nitrogens is 4. The van der Waals surface area contributed by atoms with Gasteiger partial charge < -0.3 is 4.90 Å². The van der Waals surface area contributed by atoms with E-state index in [1.54, 1.807) is 18.2 Å². The molecule has 1 aliphatic rings. The highest BCUT2D eigenvalue weighted by molar-refractivity contribution is 7.71. The van der Waals surface area contributed by atoms with Crippen LogP contribution in [0.4, 0.5) is 10.3 Å². The average Bonchev–Trinajstić information content (AvgIpc) is 2.74. The van der Waals surface area contributed by atoms with E-state index in [9.17, 15) is 9.18 Å². The molecule has 0 atom stereocenters. The first-order chi connectivity index (χ1) is 14.1. The Bertz CT molecular complexity index is 1360. The van der Waals surface area contributed by atoms with Crippen LogP contribution in [0.1, 0.15) is 11.1 Å². The number of fused-ring (bicyclic) bond motifs is 2. The van der Waals surface area contributed by atoms with Gasteiger partial charge in [0.2, 0.25) is 5.95 Å². The van der Waals surface area contributed by atoms with Crippen LogP contribution in [0.25, 0.3) is 16.7 Å². The fraction of sp³-hybridized carbons (Fsp3) is 0.143. The first-order valence-electron chi connectivity index (χ1n) is 9.20. The second-order valence-electron chi connectivity index (χ2n) is 6.90. The lowest BCUT2D eigenvalue weighted by Crippen LogP contribution is -2.33. The summed E-state index contributed by atoms with van der Waals surface area (Å²) in [4.78, 5) is 26.5. The Kier molecular flexibility index (Phi) is 4.21. The molecule has 6 nitrogen and oxygen atoms in total. The highest BCUT2D eigenvalue weighted by Gasteiger charge is 2.20. The summed E-state index contributed by atoms with van der Waals surface area (Å²) in [6, 6.07) is 14.4. The molecule has 1 aliphatic heterocycles. The summed E-state index contributed by atoms with van der Waals surface area (Å²) in [5.41, 5.74) is 2.63. The number of anilines is 1. The first-order valence-corrected chi connectivity index (χ1v) is 9.61. The van der Waals surface area contributed by atoms with Gasteiger partial charge in [0, 0.05) is 13.1 Å². The van der Waals surface area contributed by atoms with Gasteiger partial charge in [0.25, 0.3) is 5.56 Å². The van der Waals surface area contributed by atoms with Gasteiger partial charge in [-0.05, 0) is 29.7 Å². The zero-order valence-electron chi connectivity index (χ0n) is 15.3. The predicted molar refractivity (Wildman–Crippen MR) is 111 cm³/mol. The fourth-order valence-corrected chi connectivity index (χ4v) is 4.00. The first kappa shape index (κ1) is 17.7. The smallest absolute Gasteiger partial charge is 0.264 e. The molecule has 0 saturated heterocycles. The number of aromatic amines is 1. The molecule has 0 radical (unpaired) electrons. The van der Waals surface area contributed by atoms with Gasteiger partial charge in [-0.2, -0.15) is 4.98 Å². The maximum Gasteiger partial charge on any atom is 0.264 e. The Morgan fingerprint density at radius 2 is 1.83 bits per heavy atom. The number of H-pyrrole nitrogens is 1. The minimum atomic E-state index is -0.447. The van der Waals surface area contributed by atoms with Crippen LogP contribution in [-0.4, -0.2) is 26.1 Å². The van der Waals surface area contributed by atoms with Crippen molar-refractivity contribution in [2.45, 2.75) is 13.0 Å². The lowest BCUT2D eigenvalue weighted by Gasteiger charge is -2.29. The van der Waals surface area contributed by atoms with E-state index in [4.69, 9.17) is 12.2 Å². The van der Waals surface area contributed by atoms with E-state index >= 15 is 0 Å². The van der Waals surface area contributed by atoms with Crippen LogP contribution in [-0.2, 0) is 13.0 Å². The standard InChI is InChI=1S/C21H16FN5OS/c22-15-7-3-4-8-16(15)27-12-23-18-17(20(27)29)19(28)25-21(24-18)26-10-9-13-5-1-2-6-14(13)11-26/h1-8,12H,9-11H2,(H,24,25,28). The van der Waals surface area contributed by atoms with Crippen molar-refractivity contribution >= 4 is 29.2 Å². The van der Waals surface area contributed by atoms with Gasteiger partial charge in [-0.15, -0.1) is 0 Å². The minimum absolute atomic E-state index is 0.171. The molecule has 4 aromatic rings. The topological polar surface area (TPSA) is 66.8 Å². The van der Waals surface area contributed by atoms with Gasteiger partial charge in [-0.25, -0.2) is 9.37 Å². The third-order valence-electron chi connectivity index (χ3n) is 5.16. The molecule has 0 spiro atoms. The summed E-state index contributed by atoms with van der Waals surface area (Å²) >= 11 is 5.46. The lowest BCUT2D eigenvalue weighted by atomic mass is 10.0. The number of hydrogen-bond acceptors (Lipinski definition) is 5. The largest absolute Gasteiger partial charge is 0.338 e. The molecule has 144 valence electrons. The maximum absolute atomic E-state index is 14.2. The monoisotopic (exact) mass is 405 g/mol. The zero-order chi connectivity index (χ0) is 20.0. The Morgan fingerprint density at radius 1 is 1.07 bits per heavy atom. The van der Waals surface area contributed by atoms with Crippen molar-refractivity contribution in [2.24, 2.45) is 0 Å². The lowest BCUT2D eigenvalue weighted by molar-refractivity contribution is 0.616. The number of halogens is 1. The molecule has 3 heterocycles. The number of benzene rings is 2. The van der Waals surface area contributed by atoms with E-state index in [-0.39, 0.29) is 26.9 Å². The molecule has 0 aliphatic carbocycles. The molecule has 29 heavy (non-hydrogen) atoms. The van der Waals surface area contributed by atoms with Crippen molar-refractivity contribution in [1.82, 2.24) is 19.5 Å². The van der Waals surface area contributed by atoms with E-state index in [1.807, 2.05) is 17.0 Å². The fourth-order valence-electron chi connectivity index (χ4n) is 3.67. The molecular weight excluding hydrogens is 389 g/mol. The Balaban J connectivity index is 1.60. The number of rotatable bonds is 2. The number of nitrogens with zero attached hydrogens (tertiary/aromatic N) is 4. The van der Waals surface area contributed by atoms with Crippen molar-refractivity contribution in [1.29, 1.82) is 0 Å². The SMILES string of the molecule is O=c1[nH]c(N2CCc3ccccc3C2)nc2ncn(-c3ccccc3F)c(=S)c12. The summed E-state index contributed by atoms with van der Waals surface area (Å²) in [6.45, 7) is 1.40. The van der Waals surface area contributed by atoms with E-state index in [2.05, 4.69) is 27.1 Å². The highest BCUT2D eigenvalue weighted by atomic mass is 32.1. The molecule has 8 heteroatoms. The number of para-hydroxylation sites is 1. The molecular formula is C21H16FN5OS. The van der Waals surface area contributed by atoms with Gasteiger partial charge in [-0.3, -0.25) is 14.3 Å². The van der Waals surface area contributed by atoms with Crippen LogP contribution in [0, 0.1) is 10.5 Å². The molecule has 1 N–H and O–H groups in total. The van der Waals surface area contributed by atoms with E-state index in [1.165, 1.54) is 28.1 Å². The van der Waals surface area contributed by atoms with E-state index < -0.39 is 5.82 Å². The predicted octanol–water partition coefficient (Wildman–Crippen LogP) is 3.54. The van der Waals surface area contributed by atoms with Crippen molar-refractivity contribution in [2.75, 3.05) is 11.4 Å². The minimum Gasteiger partial charge on any atom is -0.338 e. The van der Waals surface area contributed by atoms with Gasteiger partial charge in [0.15, 0.2) is 5.65 Å². The van der Waals surface area contributed by atoms with Gasteiger partial charge in [0.1, 0.15) is 22.2 Å². The normalized spacial score (nSPS) is 13.5. The summed E-state index contributed by atoms with van der Waals surface area (Å²) in [5.74, 6) is 0.0142. The summed E-state index contributed by atoms with van der Waals surface area (Å²) in [7, 11) is 0. The van der Waals surface area contributed by atoms with Gasteiger partial charge >= 0.3 is 0 Å². The zero-order valence-corrected chi connectivity index (χ0v) is 16.1. The van der Waals surface area contributed by atoms with Crippen molar-refractivity contribution < 1.29 is 4.39 Å². The van der Waals surface area contributed by atoms with Crippen molar-refractivity contribution in [3.8, 4) is 5.69 Å². The van der Waals surface area contributed by atoms with Gasteiger partial charge in [0.05, 0.1) is 5.69 Å². The summed E-state index contributed by atoms with van der Waals surface area (Å²) in [6.07, 6.45) is 2.28. The van der Waals surface area contributed by atoms with Crippen LogP contribution < -0.4 is 10.5 Å². The molecule has 0 fully saturated rings. The average molecular weight is 405 g/mol. The van der Waals surface area contributed by atoms with Crippen LogP contribution >= 0.6 is 12.2 Å². The second-order valence-corrected chi connectivity index (χ2v) is 7.29. The van der Waals surface area contributed by atoms with Crippen LogP contribution in [0.15, 0.2) is 59.7 Å². The Hall–Kier alpha value is -3.39. The molecule has 0 unspecified atom stereocenters.